The van der Waals surface area contributed by atoms with E-state index in [2.05, 4.69) is 5.32 Å². The number of carbonyl (C=O) groups excluding carboxylic acids is 1. The zero-order chi connectivity index (χ0) is 17.1. The zero-order valence-electron chi connectivity index (χ0n) is 13.1. The molecule has 0 saturated carbocycles. The number of hydrogen-bond donors (Lipinski definition) is 2. The topological polar surface area (TPSA) is 55.1 Å². The molecule has 1 aromatic rings. The van der Waals surface area contributed by atoms with E-state index in [0.717, 1.165) is 6.07 Å². The Morgan fingerprint density at radius 1 is 1.30 bits per heavy atom. The molecular formula is C15H21ClF4N2O. The lowest BCUT2D eigenvalue weighted by Crippen LogP contribution is -2.52. The first-order chi connectivity index (χ1) is 9.98. The molecule has 0 radical (unpaired) electrons. The molecule has 3 nitrogen and oxygen atoms in total. The van der Waals surface area contributed by atoms with Crippen LogP contribution in [0.2, 0.25) is 0 Å². The van der Waals surface area contributed by atoms with Crippen molar-refractivity contribution in [2.75, 3.05) is 6.54 Å². The lowest BCUT2D eigenvalue weighted by molar-refractivity contribution is -0.140. The van der Waals surface area contributed by atoms with Gasteiger partial charge in [-0.1, -0.05) is 13.8 Å². The van der Waals surface area contributed by atoms with Crippen molar-refractivity contribution >= 4 is 18.3 Å². The van der Waals surface area contributed by atoms with Gasteiger partial charge in [-0.3, -0.25) is 4.79 Å². The molecule has 0 heterocycles. The number of hydrogen-bond acceptors (Lipinski definition) is 2. The summed E-state index contributed by atoms with van der Waals surface area (Å²) in [6.45, 7) is 5.75. The van der Waals surface area contributed by atoms with Crippen LogP contribution in [-0.4, -0.2) is 18.0 Å². The molecule has 0 aromatic heterocycles. The normalized spacial score (nSPS) is 14.1. The summed E-state index contributed by atoms with van der Waals surface area (Å²) >= 11 is 0. The van der Waals surface area contributed by atoms with Gasteiger partial charge in [-0.15, -0.1) is 12.4 Å². The molecule has 132 valence electrons. The second-order valence-electron chi connectivity index (χ2n) is 6.01. The maximum Gasteiger partial charge on any atom is 0.419 e. The summed E-state index contributed by atoms with van der Waals surface area (Å²) < 4.78 is 51.3. The largest absolute Gasteiger partial charge is 0.419 e. The van der Waals surface area contributed by atoms with Crippen molar-refractivity contribution in [1.82, 2.24) is 5.32 Å². The lowest BCUT2D eigenvalue weighted by Gasteiger charge is -2.31. The summed E-state index contributed by atoms with van der Waals surface area (Å²) in [5.41, 5.74) is 3.20. The molecule has 1 aromatic carbocycles. The third kappa shape index (κ3) is 5.99. The molecule has 8 heteroatoms. The maximum atomic E-state index is 13.2. The van der Waals surface area contributed by atoms with E-state index in [0.29, 0.717) is 18.6 Å². The van der Waals surface area contributed by atoms with Crippen LogP contribution < -0.4 is 11.1 Å². The molecule has 0 bridgehead atoms. The van der Waals surface area contributed by atoms with Gasteiger partial charge in [0.15, 0.2) is 0 Å². The average Bonchev–Trinajstić information content (AvgIpc) is 2.36. The summed E-state index contributed by atoms with van der Waals surface area (Å²) in [6, 6.07) is 2.17. The van der Waals surface area contributed by atoms with Crippen LogP contribution in [0, 0.1) is 11.7 Å². The second-order valence-corrected chi connectivity index (χ2v) is 6.01. The van der Waals surface area contributed by atoms with Crippen molar-refractivity contribution in [2.24, 2.45) is 11.7 Å². The van der Waals surface area contributed by atoms with Gasteiger partial charge in [0.25, 0.3) is 5.91 Å². The number of carbonyl (C=O) groups is 1. The van der Waals surface area contributed by atoms with Crippen LogP contribution in [-0.2, 0) is 6.18 Å². The quantitative estimate of drug-likeness (QED) is 0.789. The Hall–Kier alpha value is -1.34. The molecule has 23 heavy (non-hydrogen) atoms. The third-order valence-electron chi connectivity index (χ3n) is 3.26. The van der Waals surface area contributed by atoms with E-state index < -0.39 is 29.0 Å². The van der Waals surface area contributed by atoms with Crippen molar-refractivity contribution in [3.05, 3.63) is 35.1 Å². The molecule has 1 unspecified atom stereocenters. The van der Waals surface area contributed by atoms with Gasteiger partial charge in [0.05, 0.1) is 5.56 Å². The Morgan fingerprint density at radius 3 is 2.30 bits per heavy atom. The minimum atomic E-state index is -4.85. The van der Waals surface area contributed by atoms with Crippen molar-refractivity contribution in [3.63, 3.8) is 0 Å². The number of rotatable bonds is 5. The summed E-state index contributed by atoms with van der Waals surface area (Å²) in [5, 5.41) is 2.64. The van der Waals surface area contributed by atoms with Crippen LogP contribution in [0.3, 0.4) is 0 Å². The molecule has 1 amide bonds. The number of amides is 1. The fourth-order valence-corrected chi connectivity index (χ4v) is 2.32. The van der Waals surface area contributed by atoms with Crippen LogP contribution in [0.5, 0.6) is 0 Å². The van der Waals surface area contributed by atoms with Gasteiger partial charge in [0.2, 0.25) is 0 Å². The van der Waals surface area contributed by atoms with E-state index in [9.17, 15) is 22.4 Å². The summed E-state index contributed by atoms with van der Waals surface area (Å²) in [6.07, 6.45) is -4.28. The van der Waals surface area contributed by atoms with Gasteiger partial charge < -0.3 is 11.1 Å². The number of nitrogens with one attached hydrogen (secondary N) is 1. The lowest BCUT2D eigenvalue weighted by atomic mass is 9.90. The molecule has 0 aliphatic heterocycles. The summed E-state index contributed by atoms with van der Waals surface area (Å²) in [5.74, 6) is -1.88. The maximum absolute atomic E-state index is 13.2. The fraction of sp³-hybridized carbons (Fsp3) is 0.533. The van der Waals surface area contributed by atoms with Crippen LogP contribution in [0.4, 0.5) is 17.6 Å². The van der Waals surface area contributed by atoms with E-state index in [1.807, 2.05) is 13.8 Å². The fourth-order valence-electron chi connectivity index (χ4n) is 2.32. The van der Waals surface area contributed by atoms with Gasteiger partial charge in [0.1, 0.15) is 5.82 Å². The first-order valence-electron chi connectivity index (χ1n) is 6.88. The van der Waals surface area contributed by atoms with Crippen LogP contribution in [0.25, 0.3) is 0 Å². The third-order valence-corrected chi connectivity index (χ3v) is 3.26. The highest BCUT2D eigenvalue weighted by atomic mass is 35.5. The van der Waals surface area contributed by atoms with Crippen LogP contribution >= 0.6 is 12.4 Å². The van der Waals surface area contributed by atoms with Crippen LogP contribution in [0.15, 0.2) is 18.2 Å². The van der Waals surface area contributed by atoms with Crippen molar-refractivity contribution in [3.8, 4) is 0 Å². The first-order valence-corrected chi connectivity index (χ1v) is 6.88. The summed E-state index contributed by atoms with van der Waals surface area (Å²) in [7, 11) is 0. The highest BCUT2D eigenvalue weighted by molar-refractivity contribution is 5.94. The smallest absolute Gasteiger partial charge is 0.346 e. The van der Waals surface area contributed by atoms with E-state index in [1.54, 1.807) is 6.92 Å². The standard InChI is InChI=1S/C15H20F4N2O.ClH/c1-9(2)7-14(3,8-20)21-13(22)10-4-5-12(16)11(6-10)15(17,18)19;/h4-6,9H,7-8,20H2,1-3H3,(H,21,22);1H. The molecule has 0 spiro atoms. The van der Waals surface area contributed by atoms with E-state index in [1.165, 1.54) is 0 Å². The Balaban J connectivity index is 0.00000484. The van der Waals surface area contributed by atoms with Gasteiger partial charge >= 0.3 is 6.18 Å². The minimum absolute atomic E-state index is 0. The molecule has 1 atom stereocenters. The highest BCUT2D eigenvalue weighted by Crippen LogP contribution is 2.32. The van der Waals surface area contributed by atoms with E-state index in [-0.39, 0.29) is 30.4 Å². The number of halogens is 5. The molecule has 0 aliphatic carbocycles. The highest BCUT2D eigenvalue weighted by Gasteiger charge is 2.35. The van der Waals surface area contributed by atoms with Gasteiger partial charge in [-0.25, -0.2) is 4.39 Å². The molecular weight excluding hydrogens is 336 g/mol. The SMILES string of the molecule is CC(C)CC(C)(CN)NC(=O)c1ccc(F)c(C(F)(F)F)c1.Cl. The summed E-state index contributed by atoms with van der Waals surface area (Å²) in [4.78, 5) is 12.1. The number of benzene rings is 1. The predicted molar refractivity (Wildman–Crippen MR) is 83.0 cm³/mol. The van der Waals surface area contributed by atoms with E-state index >= 15 is 0 Å². The van der Waals surface area contributed by atoms with Crippen LogP contribution in [0.1, 0.15) is 43.1 Å². The van der Waals surface area contributed by atoms with Crippen molar-refractivity contribution in [1.29, 1.82) is 0 Å². The monoisotopic (exact) mass is 356 g/mol. The minimum Gasteiger partial charge on any atom is -0.346 e. The predicted octanol–water partition coefficient (Wildman–Crippen LogP) is 3.76. The van der Waals surface area contributed by atoms with E-state index in [4.69, 9.17) is 5.73 Å². The number of nitrogens with two attached hydrogens (primary N) is 1. The van der Waals surface area contributed by atoms with Crippen molar-refractivity contribution < 1.29 is 22.4 Å². The van der Waals surface area contributed by atoms with Gasteiger partial charge in [-0.2, -0.15) is 13.2 Å². The molecule has 0 aliphatic rings. The van der Waals surface area contributed by atoms with Gasteiger partial charge in [-0.05, 0) is 37.5 Å². The molecule has 0 saturated heterocycles. The Bertz CT molecular complexity index is 549. The average molecular weight is 357 g/mol. The Labute approximate surface area is 139 Å². The Kier molecular flexibility index (Phi) is 7.50. The zero-order valence-corrected chi connectivity index (χ0v) is 13.9. The second kappa shape index (κ2) is 7.97. The first kappa shape index (κ1) is 21.7. The molecule has 1 rings (SSSR count). The van der Waals surface area contributed by atoms with Crippen molar-refractivity contribution in [2.45, 2.75) is 38.9 Å². The molecule has 3 N–H and O–H groups in total. The number of alkyl halides is 3. The van der Waals surface area contributed by atoms with Gasteiger partial charge in [0, 0.05) is 17.6 Å². The molecule has 0 fully saturated rings. The Morgan fingerprint density at radius 2 is 1.87 bits per heavy atom.